The predicted octanol–water partition coefficient (Wildman–Crippen LogP) is 0.444. The Labute approximate surface area is 116 Å². The minimum Gasteiger partial charge on any atom is -0.370 e. The van der Waals surface area contributed by atoms with Gasteiger partial charge in [0.15, 0.2) is 0 Å². The molecule has 106 valence electrons. The molecule has 1 fully saturated rings. The van der Waals surface area contributed by atoms with Crippen LogP contribution >= 0.6 is 0 Å². The molecule has 7 heteroatoms. The first-order chi connectivity index (χ1) is 9.74. The standard InChI is InChI=1S/C13H18N6O/c1-11-16-14-10-18(11)6-7-19-13(20)8-12(9-15-19)17-4-2-3-5-17/h8-10H,2-7H2,1H3. The highest BCUT2D eigenvalue weighted by molar-refractivity contribution is 5.43. The molecule has 0 bridgehead atoms. The van der Waals surface area contributed by atoms with Crippen molar-refractivity contribution in [3.63, 3.8) is 0 Å². The Kier molecular flexibility index (Phi) is 3.49. The Hall–Kier alpha value is -2.18. The highest BCUT2D eigenvalue weighted by atomic mass is 16.1. The lowest BCUT2D eigenvalue weighted by atomic mass is 10.4. The minimum atomic E-state index is -0.0554. The maximum absolute atomic E-state index is 12.1. The summed E-state index contributed by atoms with van der Waals surface area (Å²) in [5.74, 6) is 0.840. The van der Waals surface area contributed by atoms with Crippen LogP contribution in [0.2, 0.25) is 0 Å². The van der Waals surface area contributed by atoms with Crippen molar-refractivity contribution in [3.05, 3.63) is 34.8 Å². The lowest BCUT2D eigenvalue weighted by Crippen LogP contribution is -2.27. The zero-order valence-electron chi connectivity index (χ0n) is 11.6. The van der Waals surface area contributed by atoms with Gasteiger partial charge in [0.1, 0.15) is 12.2 Å². The topological polar surface area (TPSA) is 68.8 Å². The first-order valence-corrected chi connectivity index (χ1v) is 6.90. The largest absolute Gasteiger partial charge is 0.370 e. The summed E-state index contributed by atoms with van der Waals surface area (Å²) < 4.78 is 3.39. The summed E-state index contributed by atoms with van der Waals surface area (Å²) in [4.78, 5) is 14.3. The molecule has 20 heavy (non-hydrogen) atoms. The number of nitrogens with zero attached hydrogens (tertiary/aromatic N) is 6. The van der Waals surface area contributed by atoms with Gasteiger partial charge in [-0.25, -0.2) is 4.68 Å². The van der Waals surface area contributed by atoms with Gasteiger partial charge in [-0.1, -0.05) is 0 Å². The smallest absolute Gasteiger partial charge is 0.268 e. The fourth-order valence-electron chi connectivity index (χ4n) is 2.47. The summed E-state index contributed by atoms with van der Waals surface area (Å²) >= 11 is 0. The summed E-state index contributed by atoms with van der Waals surface area (Å²) in [5.41, 5.74) is 0.879. The van der Waals surface area contributed by atoms with Crippen LogP contribution in [0.4, 0.5) is 5.69 Å². The molecule has 1 aliphatic rings. The van der Waals surface area contributed by atoms with Crippen LogP contribution in [0.5, 0.6) is 0 Å². The van der Waals surface area contributed by atoms with E-state index in [1.54, 1.807) is 18.6 Å². The SMILES string of the molecule is Cc1nncn1CCn1ncc(N2CCCC2)cc1=O. The molecule has 1 aliphatic heterocycles. The third kappa shape index (κ3) is 2.56. The number of anilines is 1. The molecule has 0 N–H and O–H groups in total. The van der Waals surface area contributed by atoms with E-state index in [1.165, 1.54) is 17.5 Å². The zero-order valence-corrected chi connectivity index (χ0v) is 11.6. The molecule has 0 atom stereocenters. The Morgan fingerprint density at radius 3 is 2.70 bits per heavy atom. The fraction of sp³-hybridized carbons (Fsp3) is 0.538. The number of hydrogen-bond donors (Lipinski definition) is 0. The quantitative estimate of drug-likeness (QED) is 0.809. The van der Waals surface area contributed by atoms with E-state index in [0.29, 0.717) is 13.1 Å². The molecule has 3 rings (SSSR count). The number of aryl methyl sites for hydroxylation is 3. The van der Waals surface area contributed by atoms with Gasteiger partial charge in [-0.2, -0.15) is 5.10 Å². The van der Waals surface area contributed by atoms with Crippen molar-refractivity contribution < 1.29 is 0 Å². The summed E-state index contributed by atoms with van der Waals surface area (Å²) in [7, 11) is 0. The maximum atomic E-state index is 12.1. The normalized spacial score (nSPS) is 14.9. The van der Waals surface area contributed by atoms with E-state index in [1.807, 2.05) is 11.5 Å². The maximum Gasteiger partial charge on any atom is 0.268 e. The van der Waals surface area contributed by atoms with Gasteiger partial charge < -0.3 is 9.47 Å². The Morgan fingerprint density at radius 2 is 2.05 bits per heavy atom. The molecule has 2 aromatic rings. The van der Waals surface area contributed by atoms with Crippen molar-refractivity contribution in [2.75, 3.05) is 18.0 Å². The van der Waals surface area contributed by atoms with Crippen LogP contribution in [-0.4, -0.2) is 37.6 Å². The molecule has 2 aromatic heterocycles. The van der Waals surface area contributed by atoms with Crippen molar-refractivity contribution in [1.29, 1.82) is 0 Å². The van der Waals surface area contributed by atoms with E-state index >= 15 is 0 Å². The average molecular weight is 274 g/mol. The molecular weight excluding hydrogens is 256 g/mol. The summed E-state index contributed by atoms with van der Waals surface area (Å²) in [5, 5.41) is 12.0. The van der Waals surface area contributed by atoms with Crippen molar-refractivity contribution >= 4 is 5.69 Å². The van der Waals surface area contributed by atoms with Crippen LogP contribution in [0.3, 0.4) is 0 Å². The second-order valence-electron chi connectivity index (χ2n) is 5.04. The van der Waals surface area contributed by atoms with Gasteiger partial charge >= 0.3 is 0 Å². The Bertz CT molecular complexity index is 640. The first kappa shape index (κ1) is 12.8. The van der Waals surface area contributed by atoms with Gasteiger partial charge in [-0.3, -0.25) is 4.79 Å². The molecule has 0 aliphatic carbocycles. The lowest BCUT2D eigenvalue weighted by molar-refractivity contribution is 0.503. The molecule has 0 amide bonds. The molecule has 3 heterocycles. The third-order valence-corrected chi connectivity index (χ3v) is 3.69. The predicted molar refractivity (Wildman–Crippen MR) is 74.7 cm³/mol. The molecule has 7 nitrogen and oxygen atoms in total. The summed E-state index contributed by atoms with van der Waals surface area (Å²) in [6, 6.07) is 1.68. The minimum absolute atomic E-state index is 0.0554. The number of aromatic nitrogens is 5. The van der Waals surface area contributed by atoms with Crippen LogP contribution in [0.25, 0.3) is 0 Å². The van der Waals surface area contributed by atoms with Gasteiger partial charge in [-0.15, -0.1) is 10.2 Å². The molecule has 0 unspecified atom stereocenters. The molecular formula is C13H18N6O. The van der Waals surface area contributed by atoms with Crippen molar-refractivity contribution in [2.45, 2.75) is 32.9 Å². The zero-order chi connectivity index (χ0) is 13.9. The van der Waals surface area contributed by atoms with Crippen molar-refractivity contribution in [2.24, 2.45) is 0 Å². The first-order valence-electron chi connectivity index (χ1n) is 6.90. The van der Waals surface area contributed by atoms with Gasteiger partial charge in [0.25, 0.3) is 5.56 Å². The van der Waals surface area contributed by atoms with Crippen molar-refractivity contribution in [3.8, 4) is 0 Å². The monoisotopic (exact) mass is 274 g/mol. The fourth-order valence-corrected chi connectivity index (χ4v) is 2.47. The highest BCUT2D eigenvalue weighted by Gasteiger charge is 2.13. The van der Waals surface area contributed by atoms with E-state index in [0.717, 1.165) is 24.6 Å². The van der Waals surface area contributed by atoms with E-state index in [2.05, 4.69) is 20.2 Å². The van der Waals surface area contributed by atoms with Gasteiger partial charge in [0.05, 0.1) is 18.4 Å². The third-order valence-electron chi connectivity index (χ3n) is 3.69. The second-order valence-corrected chi connectivity index (χ2v) is 5.04. The Morgan fingerprint density at radius 1 is 1.25 bits per heavy atom. The molecule has 0 aromatic carbocycles. The van der Waals surface area contributed by atoms with Gasteiger partial charge in [-0.05, 0) is 19.8 Å². The van der Waals surface area contributed by atoms with E-state index < -0.39 is 0 Å². The molecule has 1 saturated heterocycles. The van der Waals surface area contributed by atoms with Crippen LogP contribution in [0, 0.1) is 6.92 Å². The van der Waals surface area contributed by atoms with E-state index in [9.17, 15) is 4.79 Å². The molecule has 0 saturated carbocycles. The Balaban J connectivity index is 1.71. The van der Waals surface area contributed by atoms with Crippen LogP contribution in [-0.2, 0) is 13.1 Å². The van der Waals surface area contributed by atoms with Gasteiger partial charge in [0.2, 0.25) is 0 Å². The van der Waals surface area contributed by atoms with E-state index in [-0.39, 0.29) is 5.56 Å². The molecule has 0 spiro atoms. The van der Waals surface area contributed by atoms with Crippen LogP contribution < -0.4 is 10.5 Å². The summed E-state index contributed by atoms with van der Waals surface area (Å²) in [6.07, 6.45) is 5.83. The average Bonchev–Trinajstić information content (AvgIpc) is 3.09. The van der Waals surface area contributed by atoms with E-state index in [4.69, 9.17) is 0 Å². The number of hydrogen-bond acceptors (Lipinski definition) is 5. The number of rotatable bonds is 4. The molecule has 0 radical (unpaired) electrons. The highest BCUT2D eigenvalue weighted by Crippen LogP contribution is 2.16. The van der Waals surface area contributed by atoms with Crippen LogP contribution in [0.15, 0.2) is 23.4 Å². The van der Waals surface area contributed by atoms with Gasteiger partial charge in [0, 0.05) is 25.7 Å². The second kappa shape index (κ2) is 5.44. The van der Waals surface area contributed by atoms with Crippen molar-refractivity contribution in [1.82, 2.24) is 24.5 Å². The lowest BCUT2D eigenvalue weighted by Gasteiger charge is -2.17. The van der Waals surface area contributed by atoms with Crippen LogP contribution in [0.1, 0.15) is 18.7 Å². The summed E-state index contributed by atoms with van der Waals surface area (Å²) in [6.45, 7) is 5.10.